The zero-order valence-corrected chi connectivity index (χ0v) is 11.7. The summed E-state index contributed by atoms with van der Waals surface area (Å²) in [5.41, 5.74) is 0.609. The molecule has 1 aliphatic rings. The van der Waals surface area contributed by atoms with Crippen LogP contribution in [0.1, 0.15) is 23.7 Å². The highest BCUT2D eigenvalue weighted by atomic mass is 32.1. The van der Waals surface area contributed by atoms with Crippen LogP contribution in [-0.4, -0.2) is 49.1 Å². The smallest absolute Gasteiger partial charge is 0.252 e. The molecule has 1 atom stereocenters. The third kappa shape index (κ3) is 3.54. The van der Waals surface area contributed by atoms with Crippen LogP contribution in [0.3, 0.4) is 0 Å². The van der Waals surface area contributed by atoms with Gasteiger partial charge in [0.25, 0.3) is 5.91 Å². The van der Waals surface area contributed by atoms with Crippen LogP contribution in [0.4, 0.5) is 0 Å². The zero-order valence-electron chi connectivity index (χ0n) is 10.9. The molecule has 0 saturated carbocycles. The molecule has 6 heteroatoms. The lowest BCUT2D eigenvalue weighted by Crippen LogP contribution is -2.51. The Morgan fingerprint density at radius 3 is 2.79 bits per heavy atom. The molecule has 1 aliphatic heterocycles. The van der Waals surface area contributed by atoms with Gasteiger partial charge >= 0.3 is 0 Å². The average molecular weight is 282 g/mol. The first-order chi connectivity index (χ1) is 9.22. The Hall–Kier alpha value is -1.40. The Bertz CT molecular complexity index is 427. The molecule has 2 amide bonds. The molecule has 0 radical (unpaired) electrons. The predicted molar refractivity (Wildman–Crippen MR) is 73.3 cm³/mol. The molecule has 1 N–H and O–H groups in total. The van der Waals surface area contributed by atoms with Gasteiger partial charge in [0, 0.05) is 18.5 Å². The van der Waals surface area contributed by atoms with Crippen molar-refractivity contribution in [3.05, 3.63) is 22.4 Å². The van der Waals surface area contributed by atoms with Gasteiger partial charge in [-0.2, -0.15) is 11.3 Å². The van der Waals surface area contributed by atoms with E-state index in [4.69, 9.17) is 4.74 Å². The van der Waals surface area contributed by atoms with Gasteiger partial charge in [-0.05, 0) is 17.9 Å². The molecule has 2 rings (SSSR count). The van der Waals surface area contributed by atoms with Crippen molar-refractivity contribution in [1.29, 1.82) is 0 Å². The number of hydrogen-bond acceptors (Lipinski definition) is 4. The van der Waals surface area contributed by atoms with Crippen molar-refractivity contribution in [3.63, 3.8) is 0 Å². The summed E-state index contributed by atoms with van der Waals surface area (Å²) in [6, 6.07) is 1.30. The molecule has 19 heavy (non-hydrogen) atoms. The molecule has 104 valence electrons. The number of morpholine rings is 1. The topological polar surface area (TPSA) is 58.6 Å². The summed E-state index contributed by atoms with van der Waals surface area (Å²) < 4.78 is 5.22. The van der Waals surface area contributed by atoms with Crippen molar-refractivity contribution >= 4 is 23.2 Å². The van der Waals surface area contributed by atoms with Crippen LogP contribution in [0.25, 0.3) is 0 Å². The van der Waals surface area contributed by atoms with Gasteiger partial charge in [-0.25, -0.2) is 0 Å². The molecular weight excluding hydrogens is 264 g/mol. The molecule has 1 saturated heterocycles. The fourth-order valence-corrected chi connectivity index (χ4v) is 2.61. The van der Waals surface area contributed by atoms with Crippen LogP contribution in [0.2, 0.25) is 0 Å². The van der Waals surface area contributed by atoms with Crippen molar-refractivity contribution in [2.75, 3.05) is 26.3 Å². The Morgan fingerprint density at radius 1 is 1.47 bits per heavy atom. The number of carbonyl (C=O) groups excluding carboxylic acids is 2. The molecule has 0 unspecified atom stereocenters. The minimum Gasteiger partial charge on any atom is -0.378 e. The van der Waals surface area contributed by atoms with E-state index >= 15 is 0 Å². The van der Waals surface area contributed by atoms with E-state index in [2.05, 4.69) is 5.32 Å². The number of rotatable bonds is 4. The van der Waals surface area contributed by atoms with Gasteiger partial charge < -0.3 is 15.0 Å². The molecule has 1 fully saturated rings. The first-order valence-corrected chi connectivity index (χ1v) is 7.36. The maximum atomic E-state index is 12.3. The van der Waals surface area contributed by atoms with E-state index in [0.29, 0.717) is 38.3 Å². The summed E-state index contributed by atoms with van der Waals surface area (Å²) in [7, 11) is 0. The summed E-state index contributed by atoms with van der Waals surface area (Å²) in [5, 5.41) is 6.43. The molecule has 1 aromatic heterocycles. The molecule has 1 aromatic rings. The predicted octanol–water partition coefficient (Wildman–Crippen LogP) is 1.12. The number of nitrogens with zero attached hydrogens (tertiary/aromatic N) is 1. The molecular formula is C13H18N2O3S. The molecule has 2 heterocycles. The van der Waals surface area contributed by atoms with Gasteiger partial charge in [0.15, 0.2) is 0 Å². The first-order valence-electron chi connectivity index (χ1n) is 6.42. The average Bonchev–Trinajstić information content (AvgIpc) is 2.99. The fourth-order valence-electron chi connectivity index (χ4n) is 1.98. The lowest BCUT2D eigenvalue weighted by molar-refractivity contribution is -0.137. The third-order valence-electron chi connectivity index (χ3n) is 3.12. The zero-order chi connectivity index (χ0) is 13.7. The summed E-state index contributed by atoms with van der Waals surface area (Å²) >= 11 is 1.47. The Labute approximate surface area is 116 Å². The van der Waals surface area contributed by atoms with Gasteiger partial charge in [-0.15, -0.1) is 0 Å². The summed E-state index contributed by atoms with van der Waals surface area (Å²) in [5.74, 6) is -0.205. The highest BCUT2D eigenvalue weighted by Gasteiger charge is 2.26. The van der Waals surface area contributed by atoms with Gasteiger partial charge in [0.1, 0.15) is 6.04 Å². The van der Waals surface area contributed by atoms with E-state index in [-0.39, 0.29) is 11.8 Å². The van der Waals surface area contributed by atoms with Crippen LogP contribution in [0.5, 0.6) is 0 Å². The summed E-state index contributed by atoms with van der Waals surface area (Å²) in [6.07, 6.45) is 0.589. The third-order valence-corrected chi connectivity index (χ3v) is 3.80. The number of carbonyl (C=O) groups is 2. The van der Waals surface area contributed by atoms with Gasteiger partial charge in [-0.1, -0.05) is 6.92 Å². The van der Waals surface area contributed by atoms with Crippen molar-refractivity contribution in [2.24, 2.45) is 0 Å². The number of hydrogen-bond donors (Lipinski definition) is 1. The van der Waals surface area contributed by atoms with E-state index in [1.54, 1.807) is 16.3 Å². The summed E-state index contributed by atoms with van der Waals surface area (Å²) in [4.78, 5) is 26.0. The van der Waals surface area contributed by atoms with Crippen molar-refractivity contribution in [1.82, 2.24) is 10.2 Å². The number of amides is 2. The van der Waals surface area contributed by atoms with Crippen LogP contribution < -0.4 is 5.32 Å². The molecule has 0 aliphatic carbocycles. The Balaban J connectivity index is 1.95. The number of thiophene rings is 1. The lowest BCUT2D eigenvalue weighted by Gasteiger charge is -2.30. The van der Waals surface area contributed by atoms with E-state index in [1.807, 2.05) is 12.3 Å². The SMILES string of the molecule is CC[C@H](NC(=O)c1ccsc1)C(=O)N1CCOCC1. The maximum Gasteiger partial charge on any atom is 0.252 e. The number of ether oxygens (including phenoxy) is 1. The second kappa shape index (κ2) is 6.68. The Kier molecular flexibility index (Phi) is 4.93. The minimum atomic E-state index is -0.453. The quantitative estimate of drug-likeness (QED) is 0.900. The summed E-state index contributed by atoms with van der Waals surface area (Å²) in [6.45, 7) is 4.24. The van der Waals surface area contributed by atoms with Crippen LogP contribution in [-0.2, 0) is 9.53 Å². The largest absolute Gasteiger partial charge is 0.378 e. The number of nitrogens with one attached hydrogen (secondary N) is 1. The van der Waals surface area contributed by atoms with E-state index in [0.717, 1.165) is 0 Å². The van der Waals surface area contributed by atoms with Crippen LogP contribution >= 0.6 is 11.3 Å². The van der Waals surface area contributed by atoms with Crippen molar-refractivity contribution in [2.45, 2.75) is 19.4 Å². The second-order valence-corrected chi connectivity index (χ2v) is 5.16. The highest BCUT2D eigenvalue weighted by Crippen LogP contribution is 2.08. The van der Waals surface area contributed by atoms with Gasteiger partial charge in [0.05, 0.1) is 18.8 Å². The monoisotopic (exact) mass is 282 g/mol. The molecule has 0 aromatic carbocycles. The second-order valence-electron chi connectivity index (χ2n) is 4.38. The van der Waals surface area contributed by atoms with E-state index in [9.17, 15) is 9.59 Å². The van der Waals surface area contributed by atoms with Gasteiger partial charge in [0.2, 0.25) is 5.91 Å². The highest BCUT2D eigenvalue weighted by molar-refractivity contribution is 7.08. The standard InChI is InChI=1S/C13H18N2O3S/c1-2-11(13(17)15-4-6-18-7-5-15)14-12(16)10-3-8-19-9-10/h3,8-9,11H,2,4-7H2,1H3,(H,14,16)/t11-/m0/s1. The Morgan fingerprint density at radius 2 is 2.21 bits per heavy atom. The normalized spacial score (nSPS) is 17.0. The molecule has 5 nitrogen and oxygen atoms in total. The van der Waals surface area contributed by atoms with Crippen molar-refractivity contribution < 1.29 is 14.3 Å². The maximum absolute atomic E-state index is 12.3. The lowest BCUT2D eigenvalue weighted by atomic mass is 10.1. The first kappa shape index (κ1) is 14.0. The van der Waals surface area contributed by atoms with Crippen LogP contribution in [0.15, 0.2) is 16.8 Å². The minimum absolute atomic E-state index is 0.0191. The van der Waals surface area contributed by atoms with Crippen LogP contribution in [0, 0.1) is 0 Å². The van der Waals surface area contributed by atoms with Crippen molar-refractivity contribution in [3.8, 4) is 0 Å². The fraction of sp³-hybridized carbons (Fsp3) is 0.538. The van der Waals surface area contributed by atoms with E-state index < -0.39 is 6.04 Å². The van der Waals surface area contributed by atoms with Gasteiger partial charge in [-0.3, -0.25) is 9.59 Å². The van der Waals surface area contributed by atoms with E-state index in [1.165, 1.54) is 11.3 Å². The molecule has 0 bridgehead atoms. The molecule has 0 spiro atoms.